The molecule has 5 rings (SSSR count). The van der Waals surface area contributed by atoms with Crippen LogP contribution in [0.4, 0.5) is 5.69 Å². The van der Waals surface area contributed by atoms with E-state index in [4.69, 9.17) is 5.26 Å². The van der Waals surface area contributed by atoms with E-state index in [0.29, 0.717) is 5.92 Å². The predicted octanol–water partition coefficient (Wildman–Crippen LogP) is 3.93. The Morgan fingerprint density at radius 2 is 1.79 bits per heavy atom. The van der Waals surface area contributed by atoms with Gasteiger partial charge in [-0.3, -0.25) is 9.78 Å². The predicted molar refractivity (Wildman–Crippen MR) is 128 cm³/mol. The molecule has 7 heteroatoms. The lowest BCUT2D eigenvalue weighted by atomic mass is 9.93. The van der Waals surface area contributed by atoms with Gasteiger partial charge < -0.3 is 9.80 Å². The lowest BCUT2D eigenvalue weighted by Gasteiger charge is -2.36. The number of nitrogens with zero attached hydrogens (tertiary/aromatic N) is 6. The Kier molecular flexibility index (Phi) is 5.77. The average Bonchev–Trinajstić information content (AvgIpc) is 3.68. The molecule has 2 aromatic heterocycles. The van der Waals surface area contributed by atoms with Crippen LogP contribution in [0.25, 0.3) is 22.0 Å². The summed E-state index contributed by atoms with van der Waals surface area (Å²) in [6.45, 7) is 2.97. The van der Waals surface area contributed by atoms with E-state index in [1.165, 1.54) is 0 Å². The third kappa shape index (κ3) is 4.44. The Bertz CT molecular complexity index is 1220. The first-order valence-corrected chi connectivity index (χ1v) is 11.6. The van der Waals surface area contributed by atoms with Gasteiger partial charge in [-0.1, -0.05) is 6.07 Å². The van der Waals surface area contributed by atoms with E-state index >= 15 is 0 Å². The molecule has 7 nitrogen and oxygen atoms in total. The van der Waals surface area contributed by atoms with Gasteiger partial charge in [0.15, 0.2) is 5.78 Å². The summed E-state index contributed by atoms with van der Waals surface area (Å²) in [7, 11) is 4.26. The minimum atomic E-state index is 0.143. The van der Waals surface area contributed by atoms with Crippen LogP contribution in [-0.2, 0) is 0 Å². The van der Waals surface area contributed by atoms with E-state index in [9.17, 15) is 4.79 Å². The summed E-state index contributed by atoms with van der Waals surface area (Å²) in [4.78, 5) is 30.8. The molecule has 0 bridgehead atoms. The summed E-state index contributed by atoms with van der Waals surface area (Å²) in [5.74, 6) is 1.20. The number of pyridine rings is 1. The van der Waals surface area contributed by atoms with E-state index in [0.717, 1.165) is 78.6 Å². The Balaban J connectivity index is 1.56. The fourth-order valence-electron chi connectivity index (χ4n) is 4.83. The Labute approximate surface area is 194 Å². The molecule has 168 valence electrons. The summed E-state index contributed by atoms with van der Waals surface area (Å²) >= 11 is 0. The van der Waals surface area contributed by atoms with Crippen molar-refractivity contribution in [3.63, 3.8) is 0 Å². The molecule has 0 unspecified atom stereocenters. The van der Waals surface area contributed by atoms with Gasteiger partial charge in [0, 0.05) is 55.1 Å². The van der Waals surface area contributed by atoms with Crippen LogP contribution in [0.15, 0.2) is 36.8 Å². The van der Waals surface area contributed by atoms with Crippen LogP contribution in [-0.4, -0.2) is 59.4 Å². The first-order valence-electron chi connectivity index (χ1n) is 11.6. The number of hydrogen-bond donors (Lipinski definition) is 0. The summed E-state index contributed by atoms with van der Waals surface area (Å²) in [6, 6.07) is 8.05. The number of piperidine rings is 1. The number of nitriles is 1. The second-order valence-corrected chi connectivity index (χ2v) is 9.49. The van der Waals surface area contributed by atoms with Crippen molar-refractivity contribution in [1.82, 2.24) is 19.9 Å². The van der Waals surface area contributed by atoms with Crippen molar-refractivity contribution in [1.29, 1.82) is 5.26 Å². The highest BCUT2D eigenvalue weighted by atomic mass is 16.1. The number of anilines is 1. The van der Waals surface area contributed by atoms with Crippen molar-refractivity contribution in [2.24, 2.45) is 11.8 Å². The summed E-state index contributed by atoms with van der Waals surface area (Å²) in [6.07, 6.45) is 9.31. The van der Waals surface area contributed by atoms with Gasteiger partial charge in [0.05, 0.1) is 16.8 Å². The third-order valence-electron chi connectivity index (χ3n) is 6.69. The largest absolute Gasteiger partial charge is 0.370 e. The van der Waals surface area contributed by atoms with Gasteiger partial charge in [-0.15, -0.1) is 0 Å². The molecule has 33 heavy (non-hydrogen) atoms. The molecule has 1 saturated carbocycles. The van der Waals surface area contributed by atoms with Crippen molar-refractivity contribution in [2.45, 2.75) is 25.7 Å². The number of rotatable bonds is 6. The maximum atomic E-state index is 13.2. The van der Waals surface area contributed by atoms with Crippen molar-refractivity contribution in [3.05, 3.63) is 48.2 Å². The van der Waals surface area contributed by atoms with Crippen molar-refractivity contribution >= 4 is 22.4 Å². The third-order valence-corrected chi connectivity index (χ3v) is 6.69. The smallest absolute Gasteiger partial charge is 0.232 e. The maximum absolute atomic E-state index is 13.2. The minimum absolute atomic E-state index is 0.143. The number of aromatic nitrogens is 3. The van der Waals surface area contributed by atoms with Gasteiger partial charge in [0.2, 0.25) is 5.82 Å². The SMILES string of the molecule is CN(C)CC1CCN(c2c(C(=O)C3CC3)cnc3ccc(-c4cnc(C#N)nc4)cc23)CC1. The zero-order valence-electron chi connectivity index (χ0n) is 19.2. The lowest BCUT2D eigenvalue weighted by molar-refractivity contribution is 0.0968. The molecular weight excluding hydrogens is 412 g/mol. The van der Waals surface area contributed by atoms with E-state index in [-0.39, 0.29) is 17.5 Å². The average molecular weight is 441 g/mol. The van der Waals surface area contributed by atoms with Gasteiger partial charge >= 0.3 is 0 Å². The van der Waals surface area contributed by atoms with Crippen LogP contribution in [0.5, 0.6) is 0 Å². The molecule has 3 heterocycles. The number of carbonyl (C=O) groups is 1. The minimum Gasteiger partial charge on any atom is -0.370 e. The lowest BCUT2D eigenvalue weighted by Crippen LogP contribution is -2.38. The van der Waals surface area contributed by atoms with Crippen molar-refractivity contribution in [2.75, 3.05) is 38.6 Å². The van der Waals surface area contributed by atoms with Crippen molar-refractivity contribution in [3.8, 4) is 17.2 Å². The molecule has 0 atom stereocenters. The highest BCUT2D eigenvalue weighted by Gasteiger charge is 2.34. The standard InChI is InChI=1S/C26H28N6O/c1-31(2)16-17-7-9-32(10-8-17)25-21-11-19(20-13-29-24(12-27)30-14-20)5-6-23(21)28-15-22(25)26(33)18-3-4-18/h5-6,11,13-15,17-18H,3-4,7-10,16H2,1-2H3. The van der Waals surface area contributed by atoms with Crippen LogP contribution in [0.2, 0.25) is 0 Å². The summed E-state index contributed by atoms with van der Waals surface area (Å²) in [5.41, 5.74) is 4.45. The number of ketones is 1. The molecule has 1 aliphatic heterocycles. The van der Waals surface area contributed by atoms with Crippen molar-refractivity contribution < 1.29 is 4.79 Å². The topological polar surface area (TPSA) is 86.0 Å². The maximum Gasteiger partial charge on any atom is 0.232 e. The number of carbonyl (C=O) groups excluding carboxylic acids is 1. The van der Waals surface area contributed by atoms with Crippen LogP contribution in [0.3, 0.4) is 0 Å². The molecule has 1 aromatic carbocycles. The highest BCUT2D eigenvalue weighted by molar-refractivity contribution is 6.10. The van der Waals surface area contributed by atoms with Crippen LogP contribution in [0, 0.1) is 23.2 Å². The van der Waals surface area contributed by atoms with E-state index in [1.54, 1.807) is 18.6 Å². The molecule has 2 fully saturated rings. The Morgan fingerprint density at radius 3 is 2.42 bits per heavy atom. The fraction of sp³-hybridized carbons (Fsp3) is 0.423. The highest BCUT2D eigenvalue weighted by Crippen LogP contribution is 2.40. The van der Waals surface area contributed by atoms with E-state index < -0.39 is 0 Å². The monoisotopic (exact) mass is 440 g/mol. The van der Waals surface area contributed by atoms with Gasteiger partial charge in [-0.2, -0.15) is 5.26 Å². The zero-order chi connectivity index (χ0) is 22.9. The van der Waals surface area contributed by atoms with Crippen LogP contribution < -0.4 is 4.90 Å². The van der Waals surface area contributed by atoms with Crippen LogP contribution >= 0.6 is 0 Å². The summed E-state index contributed by atoms with van der Waals surface area (Å²) < 4.78 is 0. The van der Waals surface area contributed by atoms with Gasteiger partial charge in [0.1, 0.15) is 6.07 Å². The van der Waals surface area contributed by atoms with Gasteiger partial charge in [-0.25, -0.2) is 9.97 Å². The molecule has 0 amide bonds. The van der Waals surface area contributed by atoms with E-state index in [1.807, 2.05) is 18.2 Å². The fourth-order valence-corrected chi connectivity index (χ4v) is 4.83. The number of hydrogen-bond acceptors (Lipinski definition) is 7. The second-order valence-electron chi connectivity index (χ2n) is 9.49. The van der Waals surface area contributed by atoms with E-state index in [2.05, 4.69) is 44.9 Å². The summed E-state index contributed by atoms with van der Waals surface area (Å²) in [5, 5.41) is 9.99. The normalized spacial score (nSPS) is 16.8. The molecule has 2 aliphatic rings. The molecule has 0 N–H and O–H groups in total. The molecule has 0 spiro atoms. The molecular formula is C26H28N6O. The van der Waals surface area contributed by atoms with Crippen LogP contribution in [0.1, 0.15) is 41.9 Å². The van der Waals surface area contributed by atoms with Gasteiger partial charge in [0.25, 0.3) is 0 Å². The second kappa shape index (κ2) is 8.87. The quantitative estimate of drug-likeness (QED) is 0.537. The molecule has 0 radical (unpaired) electrons. The molecule has 3 aromatic rings. The Hall–Kier alpha value is -3.37. The molecule has 1 aliphatic carbocycles. The zero-order valence-corrected chi connectivity index (χ0v) is 19.2. The first-order chi connectivity index (χ1) is 16.0. The van der Waals surface area contributed by atoms with Gasteiger partial charge in [-0.05, 0) is 63.4 Å². The Morgan fingerprint density at radius 1 is 1.06 bits per heavy atom. The molecule has 1 saturated heterocycles. The number of fused-ring (bicyclic) bond motifs is 1. The number of Topliss-reactive ketones (excluding diaryl/α,β-unsaturated/α-hetero) is 1. The number of benzene rings is 1. The first kappa shape index (κ1) is 21.5.